The highest BCUT2D eigenvalue weighted by Crippen LogP contribution is 2.37. The molecular weight excluding hydrogens is 356 g/mol. The van der Waals surface area contributed by atoms with Crippen molar-refractivity contribution in [3.63, 3.8) is 0 Å². The Hall–Kier alpha value is -2.83. The van der Waals surface area contributed by atoms with Crippen LogP contribution in [0, 0.1) is 0 Å². The maximum absolute atomic E-state index is 13.0. The molecule has 0 atom stereocenters. The van der Waals surface area contributed by atoms with Crippen LogP contribution in [-0.2, 0) is 12.4 Å². The number of rotatable bonds is 2. The molecule has 0 amide bonds. The van der Waals surface area contributed by atoms with Gasteiger partial charge >= 0.3 is 12.4 Å². The lowest BCUT2D eigenvalue weighted by molar-refractivity contribution is -0.138. The SMILES string of the molecule is FC(F)(F)c1cccc(-c2ccncc2-c2cccc(C(F)(F)F)c2)c1. The van der Waals surface area contributed by atoms with E-state index in [1.165, 1.54) is 42.7 Å². The predicted molar refractivity (Wildman–Crippen MR) is 85.1 cm³/mol. The van der Waals surface area contributed by atoms with Gasteiger partial charge in [0.2, 0.25) is 0 Å². The summed E-state index contributed by atoms with van der Waals surface area (Å²) in [5.74, 6) is 0. The Labute approximate surface area is 144 Å². The van der Waals surface area contributed by atoms with Gasteiger partial charge in [-0.3, -0.25) is 4.98 Å². The summed E-state index contributed by atoms with van der Waals surface area (Å²) in [5.41, 5.74) is -0.519. The van der Waals surface area contributed by atoms with Gasteiger partial charge in [0.25, 0.3) is 0 Å². The Bertz CT molecular complexity index is 851. The highest BCUT2D eigenvalue weighted by molar-refractivity contribution is 5.83. The van der Waals surface area contributed by atoms with Crippen molar-refractivity contribution in [2.45, 2.75) is 12.4 Å². The third-order valence-corrected chi connectivity index (χ3v) is 3.82. The number of pyridine rings is 1. The second-order valence-electron chi connectivity index (χ2n) is 5.58. The van der Waals surface area contributed by atoms with Crippen molar-refractivity contribution in [3.05, 3.63) is 78.1 Å². The first-order valence-corrected chi connectivity index (χ1v) is 7.45. The molecule has 3 aromatic rings. The standard InChI is InChI=1S/C19H11F6N/c20-18(21,22)14-5-1-3-12(9-14)16-7-8-26-11-17(16)13-4-2-6-15(10-13)19(23,24)25/h1-11H. The lowest BCUT2D eigenvalue weighted by atomic mass is 9.94. The van der Waals surface area contributed by atoms with E-state index in [-0.39, 0.29) is 11.1 Å². The van der Waals surface area contributed by atoms with Gasteiger partial charge in [0.05, 0.1) is 11.1 Å². The zero-order valence-electron chi connectivity index (χ0n) is 13.1. The molecule has 26 heavy (non-hydrogen) atoms. The molecule has 2 aromatic carbocycles. The molecule has 0 aliphatic heterocycles. The van der Waals surface area contributed by atoms with E-state index in [4.69, 9.17) is 0 Å². The van der Waals surface area contributed by atoms with Crippen LogP contribution in [0.3, 0.4) is 0 Å². The molecule has 0 spiro atoms. The summed E-state index contributed by atoms with van der Waals surface area (Å²) in [5, 5.41) is 0. The number of alkyl halides is 6. The molecule has 3 rings (SSSR count). The summed E-state index contributed by atoms with van der Waals surface area (Å²) in [6, 6.07) is 10.7. The van der Waals surface area contributed by atoms with E-state index < -0.39 is 23.5 Å². The van der Waals surface area contributed by atoms with Gasteiger partial charge in [-0.15, -0.1) is 0 Å². The summed E-state index contributed by atoms with van der Waals surface area (Å²) in [7, 11) is 0. The third-order valence-electron chi connectivity index (χ3n) is 3.82. The Morgan fingerprint density at radius 3 is 1.62 bits per heavy atom. The number of benzene rings is 2. The maximum Gasteiger partial charge on any atom is 0.416 e. The van der Waals surface area contributed by atoms with E-state index in [1.807, 2.05) is 0 Å². The van der Waals surface area contributed by atoms with Gasteiger partial charge < -0.3 is 0 Å². The van der Waals surface area contributed by atoms with Crippen LogP contribution in [-0.4, -0.2) is 4.98 Å². The fraction of sp³-hybridized carbons (Fsp3) is 0.105. The maximum atomic E-state index is 13.0. The topological polar surface area (TPSA) is 12.9 Å². The normalized spacial score (nSPS) is 12.2. The molecule has 134 valence electrons. The second kappa shape index (κ2) is 6.48. The molecule has 0 aliphatic rings. The first-order chi connectivity index (χ1) is 12.2. The minimum atomic E-state index is -4.52. The van der Waals surface area contributed by atoms with Crippen LogP contribution in [0.15, 0.2) is 67.0 Å². The largest absolute Gasteiger partial charge is 0.416 e. The smallest absolute Gasteiger partial charge is 0.264 e. The number of hydrogen-bond acceptors (Lipinski definition) is 1. The molecule has 0 aliphatic carbocycles. The minimum absolute atomic E-state index is 0.223. The predicted octanol–water partition coefficient (Wildman–Crippen LogP) is 6.45. The number of halogens is 6. The van der Waals surface area contributed by atoms with Gasteiger partial charge in [-0.1, -0.05) is 24.3 Å². The van der Waals surface area contributed by atoms with Crippen LogP contribution in [0.25, 0.3) is 22.3 Å². The van der Waals surface area contributed by atoms with Crippen LogP contribution in [0.4, 0.5) is 26.3 Å². The van der Waals surface area contributed by atoms with E-state index in [0.29, 0.717) is 11.1 Å². The van der Waals surface area contributed by atoms with E-state index in [2.05, 4.69) is 4.98 Å². The highest BCUT2D eigenvalue weighted by Gasteiger charge is 2.31. The number of hydrogen-bond donors (Lipinski definition) is 0. The summed E-state index contributed by atoms with van der Waals surface area (Å²) >= 11 is 0. The second-order valence-corrected chi connectivity index (χ2v) is 5.58. The van der Waals surface area contributed by atoms with Gasteiger partial charge in [0, 0.05) is 18.0 Å². The van der Waals surface area contributed by atoms with Gasteiger partial charge in [-0.25, -0.2) is 0 Å². The van der Waals surface area contributed by atoms with Crippen LogP contribution >= 0.6 is 0 Å². The van der Waals surface area contributed by atoms with Crippen molar-refractivity contribution >= 4 is 0 Å². The third kappa shape index (κ3) is 3.71. The van der Waals surface area contributed by atoms with Crippen molar-refractivity contribution in [1.29, 1.82) is 0 Å². The summed E-state index contributed by atoms with van der Waals surface area (Å²) in [6.45, 7) is 0. The first kappa shape index (κ1) is 18.0. The van der Waals surface area contributed by atoms with Crippen LogP contribution in [0.5, 0.6) is 0 Å². The molecule has 1 aromatic heterocycles. The Morgan fingerprint density at radius 1 is 0.615 bits per heavy atom. The van der Waals surface area contributed by atoms with E-state index in [0.717, 1.165) is 24.3 Å². The van der Waals surface area contributed by atoms with Gasteiger partial charge in [-0.05, 0) is 47.0 Å². The highest BCUT2D eigenvalue weighted by atomic mass is 19.4. The zero-order chi connectivity index (χ0) is 18.9. The molecule has 0 saturated heterocycles. The number of aromatic nitrogens is 1. The van der Waals surface area contributed by atoms with E-state index in [9.17, 15) is 26.3 Å². The molecule has 0 N–H and O–H groups in total. The van der Waals surface area contributed by atoms with Gasteiger partial charge in [0.15, 0.2) is 0 Å². The fourth-order valence-corrected chi connectivity index (χ4v) is 2.60. The van der Waals surface area contributed by atoms with Crippen LogP contribution in [0.2, 0.25) is 0 Å². The van der Waals surface area contributed by atoms with Crippen LogP contribution < -0.4 is 0 Å². The molecule has 0 bridgehead atoms. The van der Waals surface area contributed by atoms with E-state index in [1.54, 1.807) is 0 Å². The molecular formula is C19H11F6N. The zero-order valence-corrected chi connectivity index (χ0v) is 13.1. The lowest BCUT2D eigenvalue weighted by Crippen LogP contribution is -2.05. The van der Waals surface area contributed by atoms with Crippen molar-refractivity contribution in [2.75, 3.05) is 0 Å². The van der Waals surface area contributed by atoms with Crippen molar-refractivity contribution in [2.24, 2.45) is 0 Å². The number of nitrogens with zero attached hydrogens (tertiary/aromatic N) is 1. The Morgan fingerprint density at radius 2 is 1.12 bits per heavy atom. The lowest BCUT2D eigenvalue weighted by Gasteiger charge is -2.14. The molecule has 0 fully saturated rings. The summed E-state index contributed by atoms with van der Waals surface area (Å²) in [6.07, 6.45) is -6.31. The molecule has 0 saturated carbocycles. The fourth-order valence-electron chi connectivity index (χ4n) is 2.60. The molecule has 7 heteroatoms. The van der Waals surface area contributed by atoms with Gasteiger partial charge in [0.1, 0.15) is 0 Å². The molecule has 0 unspecified atom stereocenters. The van der Waals surface area contributed by atoms with Crippen LogP contribution in [0.1, 0.15) is 11.1 Å². The summed E-state index contributed by atoms with van der Waals surface area (Å²) < 4.78 is 77.7. The quantitative estimate of drug-likeness (QED) is 0.474. The van der Waals surface area contributed by atoms with Crippen molar-refractivity contribution in [3.8, 4) is 22.3 Å². The van der Waals surface area contributed by atoms with Crippen molar-refractivity contribution in [1.82, 2.24) is 4.98 Å². The first-order valence-electron chi connectivity index (χ1n) is 7.45. The molecule has 1 nitrogen and oxygen atoms in total. The molecule has 1 heterocycles. The van der Waals surface area contributed by atoms with E-state index >= 15 is 0 Å². The molecule has 0 radical (unpaired) electrons. The average Bonchev–Trinajstić information content (AvgIpc) is 2.60. The minimum Gasteiger partial charge on any atom is -0.264 e. The summed E-state index contributed by atoms with van der Waals surface area (Å²) in [4.78, 5) is 3.91. The average molecular weight is 367 g/mol. The Kier molecular flexibility index (Phi) is 4.48. The monoisotopic (exact) mass is 367 g/mol. The van der Waals surface area contributed by atoms with Crippen molar-refractivity contribution < 1.29 is 26.3 Å². The van der Waals surface area contributed by atoms with Gasteiger partial charge in [-0.2, -0.15) is 26.3 Å². The Balaban J connectivity index is 2.14.